The van der Waals surface area contributed by atoms with Crippen LogP contribution in [0.3, 0.4) is 0 Å². The molecule has 39 heavy (non-hydrogen) atoms. The zero-order valence-electron chi connectivity index (χ0n) is 21.2. The summed E-state index contributed by atoms with van der Waals surface area (Å²) in [7, 11) is -4.25. The van der Waals surface area contributed by atoms with Crippen LogP contribution in [0.1, 0.15) is 25.8 Å². The SMILES string of the molecule is CCNC(=O)[C@@H](CC)N(Cc1ccc(Cl)cc1Cl)C(=O)CN(c1ccc(Cl)cc1Cl)S(=O)(=O)c1ccccc1. The number of carbonyl (C=O) groups is 2. The zero-order chi connectivity index (χ0) is 28.7. The van der Waals surface area contributed by atoms with Crippen LogP contribution in [-0.2, 0) is 26.2 Å². The summed E-state index contributed by atoms with van der Waals surface area (Å²) in [5.74, 6) is -1.01. The molecule has 0 saturated heterocycles. The highest BCUT2D eigenvalue weighted by Gasteiger charge is 2.34. The van der Waals surface area contributed by atoms with Gasteiger partial charge in [0, 0.05) is 28.2 Å². The number of halogens is 4. The second-order valence-corrected chi connectivity index (χ2v) is 12.0. The second-order valence-electron chi connectivity index (χ2n) is 8.50. The minimum Gasteiger partial charge on any atom is -0.355 e. The zero-order valence-corrected chi connectivity index (χ0v) is 25.0. The van der Waals surface area contributed by atoms with Crippen LogP contribution in [0.4, 0.5) is 5.69 Å². The molecule has 7 nitrogen and oxygen atoms in total. The average Bonchev–Trinajstić information content (AvgIpc) is 2.89. The summed E-state index contributed by atoms with van der Waals surface area (Å²) in [6.45, 7) is 3.19. The second kappa shape index (κ2) is 13.7. The molecule has 0 aliphatic rings. The molecule has 0 unspecified atom stereocenters. The Morgan fingerprint density at radius 2 is 1.49 bits per heavy atom. The van der Waals surface area contributed by atoms with Gasteiger partial charge in [-0.15, -0.1) is 0 Å². The van der Waals surface area contributed by atoms with E-state index in [0.29, 0.717) is 27.2 Å². The monoisotopic (exact) mass is 629 g/mol. The standard InChI is InChI=1S/C27H27Cl4N3O4S/c1-3-24(27(36)32-4-2)33(16-18-10-11-19(28)14-22(18)30)26(35)17-34(25-13-12-20(29)15-23(25)31)39(37,38)21-8-6-5-7-9-21/h5-15,24H,3-4,16-17H2,1-2H3,(H,32,36)/t24-/m1/s1. The maximum absolute atomic E-state index is 14.0. The van der Waals surface area contributed by atoms with Crippen molar-refractivity contribution in [1.29, 1.82) is 0 Å². The van der Waals surface area contributed by atoms with Gasteiger partial charge in [0.2, 0.25) is 11.8 Å². The number of nitrogens with one attached hydrogen (secondary N) is 1. The first kappa shape index (κ1) is 31.0. The minimum atomic E-state index is -4.25. The molecule has 3 aromatic carbocycles. The van der Waals surface area contributed by atoms with E-state index < -0.39 is 28.5 Å². The number of carbonyl (C=O) groups excluding carboxylic acids is 2. The fourth-order valence-corrected chi connectivity index (χ4v) is 6.44. The van der Waals surface area contributed by atoms with Gasteiger partial charge in [-0.1, -0.05) is 77.6 Å². The van der Waals surface area contributed by atoms with Crippen LogP contribution in [-0.4, -0.2) is 44.3 Å². The smallest absolute Gasteiger partial charge is 0.264 e. The Balaban J connectivity index is 2.10. The first-order chi connectivity index (χ1) is 18.5. The van der Waals surface area contributed by atoms with Gasteiger partial charge in [0.15, 0.2) is 0 Å². The summed E-state index contributed by atoms with van der Waals surface area (Å²) in [6, 6.07) is 15.9. The van der Waals surface area contributed by atoms with Gasteiger partial charge >= 0.3 is 0 Å². The molecule has 0 aromatic heterocycles. The molecule has 0 aliphatic carbocycles. The molecule has 0 saturated carbocycles. The van der Waals surface area contributed by atoms with Crippen molar-refractivity contribution in [3.05, 3.63) is 92.4 Å². The third-order valence-corrected chi connectivity index (χ3v) is 8.78. The molecule has 3 rings (SSSR count). The number of rotatable bonds is 11. The highest BCUT2D eigenvalue weighted by Crippen LogP contribution is 2.33. The van der Waals surface area contributed by atoms with Gasteiger partial charge in [0.1, 0.15) is 12.6 Å². The Bertz CT molecular complexity index is 1440. The van der Waals surface area contributed by atoms with Crippen molar-refractivity contribution in [2.24, 2.45) is 0 Å². The summed E-state index contributed by atoms with van der Waals surface area (Å²) in [5, 5.41) is 3.80. The van der Waals surface area contributed by atoms with E-state index in [1.165, 1.54) is 41.3 Å². The lowest BCUT2D eigenvalue weighted by molar-refractivity contribution is -0.140. The van der Waals surface area contributed by atoms with Crippen molar-refractivity contribution < 1.29 is 18.0 Å². The first-order valence-corrected chi connectivity index (χ1v) is 15.0. The fraction of sp³-hybridized carbons (Fsp3) is 0.259. The van der Waals surface area contributed by atoms with E-state index in [9.17, 15) is 18.0 Å². The van der Waals surface area contributed by atoms with Gasteiger partial charge in [0.25, 0.3) is 10.0 Å². The van der Waals surface area contributed by atoms with E-state index in [0.717, 1.165) is 4.31 Å². The Morgan fingerprint density at radius 3 is 2.05 bits per heavy atom. The Hall–Kier alpha value is -2.49. The molecule has 0 heterocycles. The van der Waals surface area contributed by atoms with Crippen LogP contribution < -0.4 is 9.62 Å². The van der Waals surface area contributed by atoms with Crippen molar-refractivity contribution in [2.45, 2.75) is 37.8 Å². The molecule has 2 amide bonds. The van der Waals surface area contributed by atoms with Crippen LogP contribution in [0.2, 0.25) is 20.1 Å². The maximum atomic E-state index is 14.0. The Kier molecular flexibility index (Phi) is 10.9. The summed E-state index contributed by atoms with van der Waals surface area (Å²) in [6.07, 6.45) is 0.274. The average molecular weight is 631 g/mol. The molecule has 1 N–H and O–H groups in total. The van der Waals surface area contributed by atoms with Crippen molar-refractivity contribution in [3.8, 4) is 0 Å². The molecule has 0 radical (unpaired) electrons. The predicted octanol–water partition coefficient (Wildman–Crippen LogP) is 6.44. The van der Waals surface area contributed by atoms with Crippen molar-refractivity contribution in [3.63, 3.8) is 0 Å². The largest absolute Gasteiger partial charge is 0.355 e. The summed E-state index contributed by atoms with van der Waals surface area (Å²) in [4.78, 5) is 28.2. The molecule has 1 atom stereocenters. The summed E-state index contributed by atoms with van der Waals surface area (Å²) >= 11 is 24.9. The summed E-state index contributed by atoms with van der Waals surface area (Å²) < 4.78 is 28.5. The van der Waals surface area contributed by atoms with Crippen molar-refractivity contribution in [1.82, 2.24) is 10.2 Å². The van der Waals surface area contributed by atoms with Crippen LogP contribution in [0.5, 0.6) is 0 Å². The van der Waals surface area contributed by atoms with Crippen molar-refractivity contribution >= 4 is 73.9 Å². The molecule has 0 fully saturated rings. The third kappa shape index (κ3) is 7.58. The maximum Gasteiger partial charge on any atom is 0.264 e. The topological polar surface area (TPSA) is 86.8 Å². The molecular formula is C27H27Cl4N3O4S. The molecule has 208 valence electrons. The number of likely N-dealkylation sites (N-methyl/N-ethyl adjacent to an activating group) is 1. The van der Waals surface area contributed by atoms with Gasteiger partial charge in [-0.2, -0.15) is 0 Å². The van der Waals surface area contributed by atoms with Gasteiger partial charge < -0.3 is 10.2 Å². The molecule has 0 spiro atoms. The third-order valence-electron chi connectivity index (χ3n) is 5.88. The lowest BCUT2D eigenvalue weighted by Gasteiger charge is -2.33. The van der Waals surface area contributed by atoms with E-state index in [2.05, 4.69) is 5.32 Å². The lowest BCUT2D eigenvalue weighted by Crippen LogP contribution is -2.52. The predicted molar refractivity (Wildman–Crippen MR) is 157 cm³/mol. The minimum absolute atomic E-state index is 0.0353. The van der Waals surface area contributed by atoms with E-state index in [1.807, 2.05) is 0 Å². The van der Waals surface area contributed by atoms with Gasteiger partial charge in [-0.3, -0.25) is 13.9 Å². The van der Waals surface area contributed by atoms with Crippen LogP contribution in [0.25, 0.3) is 0 Å². The van der Waals surface area contributed by atoms with Gasteiger partial charge in [-0.25, -0.2) is 8.42 Å². The summed E-state index contributed by atoms with van der Waals surface area (Å²) in [5.41, 5.74) is 0.605. The molecular weight excluding hydrogens is 604 g/mol. The number of sulfonamides is 1. The molecule has 0 bridgehead atoms. The van der Waals surface area contributed by atoms with E-state index >= 15 is 0 Å². The lowest BCUT2D eigenvalue weighted by atomic mass is 10.1. The molecule has 0 aliphatic heterocycles. The number of amides is 2. The number of anilines is 1. The van der Waals surface area contributed by atoms with E-state index in [1.54, 1.807) is 44.2 Å². The molecule has 3 aromatic rings. The first-order valence-electron chi connectivity index (χ1n) is 12.0. The normalized spacial score (nSPS) is 12.1. The van der Waals surface area contributed by atoms with E-state index in [-0.39, 0.29) is 34.5 Å². The van der Waals surface area contributed by atoms with Gasteiger partial charge in [-0.05, 0) is 61.4 Å². The van der Waals surface area contributed by atoms with Crippen LogP contribution in [0.15, 0.2) is 71.6 Å². The van der Waals surface area contributed by atoms with Gasteiger partial charge in [0.05, 0.1) is 15.6 Å². The van der Waals surface area contributed by atoms with Crippen molar-refractivity contribution in [2.75, 3.05) is 17.4 Å². The molecule has 12 heteroatoms. The quantitative estimate of drug-likeness (QED) is 0.264. The Morgan fingerprint density at radius 1 is 0.872 bits per heavy atom. The highest BCUT2D eigenvalue weighted by molar-refractivity contribution is 7.92. The number of hydrogen-bond donors (Lipinski definition) is 1. The number of hydrogen-bond acceptors (Lipinski definition) is 4. The van der Waals surface area contributed by atoms with Crippen LogP contribution >= 0.6 is 46.4 Å². The van der Waals surface area contributed by atoms with Crippen LogP contribution in [0, 0.1) is 0 Å². The van der Waals surface area contributed by atoms with E-state index in [4.69, 9.17) is 46.4 Å². The number of nitrogens with zero attached hydrogens (tertiary/aromatic N) is 2. The highest BCUT2D eigenvalue weighted by atomic mass is 35.5. The fourth-order valence-electron chi connectivity index (χ4n) is 3.96. The Labute approximate surface area is 248 Å². The number of benzene rings is 3.